The molecule has 2 aromatic carbocycles. The van der Waals surface area contributed by atoms with Crippen LogP contribution in [0.4, 0.5) is 18.9 Å². The van der Waals surface area contributed by atoms with Crippen molar-refractivity contribution in [2.75, 3.05) is 5.32 Å². The van der Waals surface area contributed by atoms with E-state index in [0.29, 0.717) is 22.9 Å². The van der Waals surface area contributed by atoms with Crippen molar-refractivity contribution in [3.8, 4) is 17.1 Å². The Bertz CT molecular complexity index is 1270. The lowest BCUT2D eigenvalue weighted by atomic mass is 10.1. The Labute approximate surface area is 181 Å². The minimum Gasteiger partial charge on any atom is -0.320 e. The van der Waals surface area contributed by atoms with Crippen molar-refractivity contribution in [3.05, 3.63) is 89.5 Å². The molecule has 0 saturated heterocycles. The van der Waals surface area contributed by atoms with Gasteiger partial charge in [-0.15, -0.1) is 0 Å². The van der Waals surface area contributed by atoms with Crippen LogP contribution in [0.2, 0.25) is 0 Å². The standard InChI is InChI=1S/C23H18F3N5O/c1-14-10-15(2)31(30-14)20-9-8-18(23(24,25)26)11-19(20)29-22(32)17-12-27-21(28-13-17)16-6-4-3-5-7-16/h3-13H,1-2H3,(H,29,32). The lowest BCUT2D eigenvalue weighted by molar-refractivity contribution is -0.137. The van der Waals surface area contributed by atoms with Crippen molar-refractivity contribution in [1.29, 1.82) is 0 Å². The lowest BCUT2D eigenvalue weighted by Crippen LogP contribution is -2.16. The fourth-order valence-electron chi connectivity index (χ4n) is 3.25. The number of benzene rings is 2. The largest absolute Gasteiger partial charge is 0.416 e. The highest BCUT2D eigenvalue weighted by atomic mass is 19.4. The molecule has 4 rings (SSSR count). The smallest absolute Gasteiger partial charge is 0.320 e. The number of carbonyl (C=O) groups excluding carboxylic acids is 1. The maximum Gasteiger partial charge on any atom is 0.416 e. The molecule has 4 aromatic rings. The van der Waals surface area contributed by atoms with Crippen LogP contribution in [0.1, 0.15) is 27.3 Å². The van der Waals surface area contributed by atoms with Gasteiger partial charge in [0, 0.05) is 23.7 Å². The summed E-state index contributed by atoms with van der Waals surface area (Å²) in [5, 5.41) is 6.87. The molecule has 0 spiro atoms. The number of halogens is 3. The molecule has 0 aliphatic rings. The highest BCUT2D eigenvalue weighted by molar-refractivity contribution is 6.05. The second kappa shape index (κ2) is 8.26. The number of aryl methyl sites for hydroxylation is 2. The van der Waals surface area contributed by atoms with E-state index in [0.717, 1.165) is 17.7 Å². The zero-order valence-corrected chi connectivity index (χ0v) is 17.2. The molecule has 0 saturated carbocycles. The Morgan fingerprint density at radius 3 is 2.25 bits per heavy atom. The van der Waals surface area contributed by atoms with Crippen molar-refractivity contribution >= 4 is 11.6 Å². The molecular weight excluding hydrogens is 419 g/mol. The summed E-state index contributed by atoms with van der Waals surface area (Å²) in [6.45, 7) is 3.55. The van der Waals surface area contributed by atoms with E-state index < -0.39 is 17.6 Å². The SMILES string of the molecule is Cc1cc(C)n(-c2ccc(C(F)(F)F)cc2NC(=O)c2cnc(-c3ccccc3)nc2)n1. The number of nitrogens with zero attached hydrogens (tertiary/aromatic N) is 4. The Balaban J connectivity index is 1.67. The molecule has 6 nitrogen and oxygen atoms in total. The van der Waals surface area contributed by atoms with E-state index in [1.807, 2.05) is 30.3 Å². The van der Waals surface area contributed by atoms with Crippen LogP contribution in [0.25, 0.3) is 17.1 Å². The number of nitrogens with one attached hydrogen (secondary N) is 1. The third-order valence-electron chi connectivity index (χ3n) is 4.76. The van der Waals surface area contributed by atoms with Crippen LogP contribution < -0.4 is 5.32 Å². The van der Waals surface area contributed by atoms with Gasteiger partial charge in [0.15, 0.2) is 5.82 Å². The molecule has 1 N–H and O–H groups in total. The van der Waals surface area contributed by atoms with E-state index in [9.17, 15) is 18.0 Å². The average molecular weight is 437 g/mol. The van der Waals surface area contributed by atoms with E-state index in [-0.39, 0.29) is 11.3 Å². The summed E-state index contributed by atoms with van der Waals surface area (Å²) in [7, 11) is 0. The van der Waals surface area contributed by atoms with Crippen molar-refractivity contribution in [2.24, 2.45) is 0 Å². The molecule has 2 heterocycles. The van der Waals surface area contributed by atoms with E-state index in [1.165, 1.54) is 23.1 Å². The topological polar surface area (TPSA) is 72.7 Å². The molecule has 0 radical (unpaired) electrons. The highest BCUT2D eigenvalue weighted by Gasteiger charge is 2.31. The molecular formula is C23H18F3N5O. The van der Waals surface area contributed by atoms with Crippen LogP contribution in [-0.4, -0.2) is 25.7 Å². The summed E-state index contributed by atoms with van der Waals surface area (Å²) in [5.74, 6) is -0.198. The van der Waals surface area contributed by atoms with Crippen molar-refractivity contribution in [3.63, 3.8) is 0 Å². The fraction of sp³-hybridized carbons (Fsp3) is 0.130. The Morgan fingerprint density at radius 2 is 1.66 bits per heavy atom. The fourth-order valence-corrected chi connectivity index (χ4v) is 3.25. The first-order valence-corrected chi connectivity index (χ1v) is 9.66. The first-order chi connectivity index (χ1) is 15.2. The van der Waals surface area contributed by atoms with E-state index in [1.54, 1.807) is 19.9 Å². The normalized spacial score (nSPS) is 11.4. The van der Waals surface area contributed by atoms with Crippen LogP contribution in [0, 0.1) is 13.8 Å². The van der Waals surface area contributed by atoms with Crippen molar-refractivity contribution < 1.29 is 18.0 Å². The van der Waals surface area contributed by atoms with Gasteiger partial charge < -0.3 is 5.32 Å². The first kappa shape index (κ1) is 21.2. The number of amides is 1. The number of hydrogen-bond donors (Lipinski definition) is 1. The number of aromatic nitrogens is 4. The molecule has 9 heteroatoms. The zero-order valence-electron chi connectivity index (χ0n) is 17.2. The number of carbonyl (C=O) groups is 1. The van der Waals surface area contributed by atoms with Crippen molar-refractivity contribution in [1.82, 2.24) is 19.7 Å². The number of alkyl halides is 3. The van der Waals surface area contributed by atoms with Gasteiger partial charge in [0.1, 0.15) is 0 Å². The molecule has 0 fully saturated rings. The second-order valence-electron chi connectivity index (χ2n) is 7.18. The molecule has 2 aromatic heterocycles. The molecule has 0 unspecified atom stereocenters. The van der Waals surface area contributed by atoms with E-state index in [2.05, 4.69) is 20.4 Å². The molecule has 162 valence electrons. The summed E-state index contributed by atoms with van der Waals surface area (Å²) in [6, 6.07) is 14.1. The predicted molar refractivity (Wildman–Crippen MR) is 113 cm³/mol. The third-order valence-corrected chi connectivity index (χ3v) is 4.76. The first-order valence-electron chi connectivity index (χ1n) is 9.66. The number of anilines is 1. The molecule has 0 atom stereocenters. The van der Waals surface area contributed by atoms with Gasteiger partial charge in [0.2, 0.25) is 0 Å². The van der Waals surface area contributed by atoms with Crippen LogP contribution in [-0.2, 0) is 6.18 Å². The van der Waals surface area contributed by atoms with Gasteiger partial charge in [-0.3, -0.25) is 4.79 Å². The van der Waals surface area contributed by atoms with E-state index >= 15 is 0 Å². The molecule has 1 amide bonds. The zero-order chi connectivity index (χ0) is 22.9. The quantitative estimate of drug-likeness (QED) is 0.475. The predicted octanol–water partition coefficient (Wildman–Crippen LogP) is 5.22. The molecule has 0 bridgehead atoms. The minimum absolute atomic E-state index is 0.0249. The van der Waals surface area contributed by atoms with Gasteiger partial charge >= 0.3 is 6.18 Å². The van der Waals surface area contributed by atoms with Gasteiger partial charge in [0.25, 0.3) is 5.91 Å². The molecule has 0 aliphatic carbocycles. The summed E-state index contributed by atoms with van der Waals surface area (Å²) in [4.78, 5) is 21.2. The Hall–Kier alpha value is -4.01. The third kappa shape index (κ3) is 4.36. The lowest BCUT2D eigenvalue weighted by Gasteiger charge is -2.15. The van der Waals surface area contributed by atoms with Gasteiger partial charge in [0.05, 0.1) is 28.2 Å². The maximum atomic E-state index is 13.3. The van der Waals surface area contributed by atoms with Gasteiger partial charge in [-0.25, -0.2) is 14.6 Å². The Kier molecular flexibility index (Phi) is 5.48. The average Bonchev–Trinajstić information content (AvgIpc) is 3.11. The van der Waals surface area contributed by atoms with Crippen LogP contribution in [0.3, 0.4) is 0 Å². The molecule has 0 aliphatic heterocycles. The number of rotatable bonds is 4. The minimum atomic E-state index is -4.56. The maximum absolute atomic E-state index is 13.3. The van der Waals surface area contributed by atoms with Gasteiger partial charge in [-0.05, 0) is 38.1 Å². The van der Waals surface area contributed by atoms with Gasteiger partial charge in [-0.1, -0.05) is 30.3 Å². The van der Waals surface area contributed by atoms with Crippen LogP contribution >= 0.6 is 0 Å². The van der Waals surface area contributed by atoms with Gasteiger partial charge in [-0.2, -0.15) is 18.3 Å². The summed E-state index contributed by atoms with van der Waals surface area (Å²) in [5.41, 5.74) is 1.72. The monoisotopic (exact) mass is 437 g/mol. The number of hydrogen-bond acceptors (Lipinski definition) is 4. The van der Waals surface area contributed by atoms with E-state index in [4.69, 9.17) is 0 Å². The summed E-state index contributed by atoms with van der Waals surface area (Å²) < 4.78 is 41.4. The van der Waals surface area contributed by atoms with Crippen molar-refractivity contribution in [2.45, 2.75) is 20.0 Å². The highest BCUT2D eigenvalue weighted by Crippen LogP contribution is 2.34. The summed E-state index contributed by atoms with van der Waals surface area (Å²) >= 11 is 0. The van der Waals surface area contributed by atoms with Crippen LogP contribution in [0.15, 0.2) is 67.0 Å². The Morgan fingerprint density at radius 1 is 0.969 bits per heavy atom. The summed E-state index contributed by atoms with van der Waals surface area (Å²) in [6.07, 6.45) is -1.89. The molecule has 32 heavy (non-hydrogen) atoms. The second-order valence-corrected chi connectivity index (χ2v) is 7.18. The van der Waals surface area contributed by atoms with Crippen LogP contribution in [0.5, 0.6) is 0 Å².